The Hall–Kier alpha value is -2.24. The molecule has 6 heteroatoms. The first kappa shape index (κ1) is 14.8. The van der Waals surface area contributed by atoms with Gasteiger partial charge in [-0.3, -0.25) is 4.79 Å². The molecule has 0 saturated carbocycles. The first-order chi connectivity index (χ1) is 8.97. The van der Waals surface area contributed by atoms with Crippen molar-refractivity contribution in [2.75, 3.05) is 6.54 Å². The molecule has 19 heavy (non-hydrogen) atoms. The van der Waals surface area contributed by atoms with Crippen LogP contribution in [0.25, 0.3) is 0 Å². The van der Waals surface area contributed by atoms with Gasteiger partial charge in [-0.05, 0) is 31.0 Å². The summed E-state index contributed by atoms with van der Waals surface area (Å²) in [6.07, 6.45) is 0.534. The number of hydrogen-bond donors (Lipinski definition) is 4. The number of phenolic OH excluding ortho intramolecular Hbond substituents is 1. The average Bonchev–Trinajstić information content (AvgIpc) is 2.31. The molecule has 0 fully saturated rings. The monoisotopic (exact) mass is 266 g/mol. The predicted molar refractivity (Wildman–Crippen MR) is 70.1 cm³/mol. The molecule has 1 aromatic rings. The lowest BCUT2D eigenvalue weighted by atomic mass is 10.1. The number of carbonyl (C=O) groups is 2. The van der Waals surface area contributed by atoms with Crippen molar-refractivity contribution in [3.8, 4) is 5.75 Å². The SMILES string of the molecule is CC(Cc1ccc(O)cc1)NC(=O)NCCC(=O)O. The second kappa shape index (κ2) is 7.25. The summed E-state index contributed by atoms with van der Waals surface area (Å²) in [4.78, 5) is 21.7. The van der Waals surface area contributed by atoms with Crippen molar-refractivity contribution in [1.29, 1.82) is 0 Å². The lowest BCUT2D eigenvalue weighted by Crippen LogP contribution is -2.42. The van der Waals surface area contributed by atoms with Crippen LogP contribution in [0.1, 0.15) is 18.9 Å². The van der Waals surface area contributed by atoms with E-state index in [0.717, 1.165) is 5.56 Å². The number of carboxylic acid groups (broad SMARTS) is 1. The number of nitrogens with one attached hydrogen (secondary N) is 2. The molecule has 0 spiro atoms. The van der Waals surface area contributed by atoms with Crippen LogP contribution in [0.2, 0.25) is 0 Å². The molecule has 1 rings (SSSR count). The van der Waals surface area contributed by atoms with Gasteiger partial charge in [0, 0.05) is 12.6 Å². The third kappa shape index (κ3) is 6.30. The minimum atomic E-state index is -0.947. The Kier molecular flexibility index (Phi) is 5.66. The Bertz CT molecular complexity index is 431. The van der Waals surface area contributed by atoms with E-state index in [1.807, 2.05) is 6.92 Å². The summed E-state index contributed by atoms with van der Waals surface area (Å²) >= 11 is 0. The van der Waals surface area contributed by atoms with Crippen LogP contribution in [-0.2, 0) is 11.2 Å². The number of rotatable bonds is 6. The normalized spacial score (nSPS) is 11.6. The molecule has 6 nitrogen and oxygen atoms in total. The molecule has 0 aliphatic heterocycles. The number of carbonyl (C=O) groups excluding carboxylic acids is 1. The third-order valence-corrected chi connectivity index (χ3v) is 2.48. The summed E-state index contributed by atoms with van der Waals surface area (Å²) in [6.45, 7) is 1.96. The number of hydrogen-bond acceptors (Lipinski definition) is 3. The van der Waals surface area contributed by atoms with E-state index in [9.17, 15) is 9.59 Å². The Morgan fingerprint density at radius 1 is 1.26 bits per heavy atom. The highest BCUT2D eigenvalue weighted by Crippen LogP contribution is 2.11. The maximum absolute atomic E-state index is 11.4. The zero-order chi connectivity index (χ0) is 14.3. The number of urea groups is 1. The van der Waals surface area contributed by atoms with E-state index in [1.165, 1.54) is 0 Å². The zero-order valence-corrected chi connectivity index (χ0v) is 10.7. The van der Waals surface area contributed by atoms with Crippen molar-refractivity contribution in [2.24, 2.45) is 0 Å². The van der Waals surface area contributed by atoms with E-state index < -0.39 is 5.97 Å². The van der Waals surface area contributed by atoms with Crippen LogP contribution in [0.5, 0.6) is 5.75 Å². The maximum Gasteiger partial charge on any atom is 0.315 e. The molecule has 1 unspecified atom stereocenters. The Morgan fingerprint density at radius 3 is 2.47 bits per heavy atom. The second-order valence-electron chi connectivity index (χ2n) is 4.32. The fraction of sp³-hybridized carbons (Fsp3) is 0.385. The lowest BCUT2D eigenvalue weighted by Gasteiger charge is -2.14. The molecular formula is C13H18N2O4. The maximum atomic E-state index is 11.4. The minimum absolute atomic E-state index is 0.0885. The molecular weight excluding hydrogens is 248 g/mol. The average molecular weight is 266 g/mol. The van der Waals surface area contributed by atoms with Crippen molar-refractivity contribution >= 4 is 12.0 Å². The number of amides is 2. The summed E-state index contributed by atoms with van der Waals surface area (Å²) in [5, 5.41) is 22.8. The summed E-state index contributed by atoms with van der Waals surface area (Å²) in [5.41, 5.74) is 0.996. The summed E-state index contributed by atoms with van der Waals surface area (Å²) < 4.78 is 0. The molecule has 0 saturated heterocycles. The van der Waals surface area contributed by atoms with Crippen LogP contribution in [-0.4, -0.2) is 34.8 Å². The summed E-state index contributed by atoms with van der Waals surface area (Å²) in [7, 11) is 0. The first-order valence-electron chi connectivity index (χ1n) is 6.01. The van der Waals surface area contributed by atoms with Gasteiger partial charge in [0.15, 0.2) is 0 Å². The number of aromatic hydroxyl groups is 1. The fourth-order valence-corrected chi connectivity index (χ4v) is 1.59. The van der Waals surface area contributed by atoms with Gasteiger partial charge in [0.05, 0.1) is 6.42 Å². The highest BCUT2D eigenvalue weighted by atomic mass is 16.4. The van der Waals surface area contributed by atoms with E-state index in [-0.39, 0.29) is 30.8 Å². The van der Waals surface area contributed by atoms with E-state index in [0.29, 0.717) is 6.42 Å². The van der Waals surface area contributed by atoms with E-state index in [1.54, 1.807) is 24.3 Å². The minimum Gasteiger partial charge on any atom is -0.508 e. The molecule has 0 heterocycles. The highest BCUT2D eigenvalue weighted by Gasteiger charge is 2.08. The molecule has 104 valence electrons. The van der Waals surface area contributed by atoms with Gasteiger partial charge in [-0.25, -0.2) is 4.79 Å². The first-order valence-corrected chi connectivity index (χ1v) is 6.01. The molecule has 1 atom stereocenters. The van der Waals surface area contributed by atoms with Gasteiger partial charge in [-0.15, -0.1) is 0 Å². The number of aliphatic carboxylic acids is 1. The molecule has 4 N–H and O–H groups in total. The quantitative estimate of drug-likeness (QED) is 0.619. The van der Waals surface area contributed by atoms with Gasteiger partial charge in [-0.1, -0.05) is 12.1 Å². The summed E-state index contributed by atoms with van der Waals surface area (Å²) in [5.74, 6) is -0.742. The Labute approximate surface area is 111 Å². The van der Waals surface area contributed by atoms with Gasteiger partial charge in [0.2, 0.25) is 0 Å². The molecule has 0 aromatic heterocycles. The third-order valence-electron chi connectivity index (χ3n) is 2.48. The van der Waals surface area contributed by atoms with Gasteiger partial charge in [0.25, 0.3) is 0 Å². The number of phenols is 1. The van der Waals surface area contributed by atoms with Gasteiger partial charge in [0.1, 0.15) is 5.75 Å². The topological polar surface area (TPSA) is 98.7 Å². The van der Waals surface area contributed by atoms with Crippen LogP contribution in [0.15, 0.2) is 24.3 Å². The summed E-state index contributed by atoms with van der Waals surface area (Å²) in [6, 6.07) is 6.29. The molecule has 1 aromatic carbocycles. The second-order valence-corrected chi connectivity index (χ2v) is 4.32. The number of carboxylic acids is 1. The van der Waals surface area contributed by atoms with Crippen molar-refractivity contribution in [1.82, 2.24) is 10.6 Å². The molecule has 0 aliphatic rings. The molecule has 0 aliphatic carbocycles. The smallest absolute Gasteiger partial charge is 0.315 e. The van der Waals surface area contributed by atoms with Crippen LogP contribution < -0.4 is 10.6 Å². The van der Waals surface area contributed by atoms with Crippen LogP contribution in [0, 0.1) is 0 Å². The van der Waals surface area contributed by atoms with Gasteiger partial charge >= 0.3 is 12.0 Å². The molecule has 2 amide bonds. The van der Waals surface area contributed by atoms with Crippen LogP contribution >= 0.6 is 0 Å². The predicted octanol–water partition coefficient (Wildman–Crippen LogP) is 1.10. The van der Waals surface area contributed by atoms with Crippen LogP contribution in [0.4, 0.5) is 4.79 Å². The van der Waals surface area contributed by atoms with Crippen molar-refractivity contribution in [3.05, 3.63) is 29.8 Å². The van der Waals surface area contributed by atoms with E-state index >= 15 is 0 Å². The standard InChI is InChI=1S/C13H18N2O4/c1-9(8-10-2-4-11(16)5-3-10)15-13(19)14-7-6-12(17)18/h2-5,9,16H,6-8H2,1H3,(H,17,18)(H2,14,15,19). The number of benzene rings is 1. The highest BCUT2D eigenvalue weighted by molar-refractivity contribution is 5.75. The van der Waals surface area contributed by atoms with Gasteiger partial charge in [-0.2, -0.15) is 0 Å². The van der Waals surface area contributed by atoms with Gasteiger partial charge < -0.3 is 20.8 Å². The Balaban J connectivity index is 2.30. The van der Waals surface area contributed by atoms with Crippen molar-refractivity contribution < 1.29 is 19.8 Å². The van der Waals surface area contributed by atoms with E-state index in [2.05, 4.69) is 10.6 Å². The molecule has 0 bridgehead atoms. The Morgan fingerprint density at radius 2 is 1.89 bits per heavy atom. The zero-order valence-electron chi connectivity index (χ0n) is 10.7. The largest absolute Gasteiger partial charge is 0.508 e. The fourth-order valence-electron chi connectivity index (χ4n) is 1.59. The van der Waals surface area contributed by atoms with Crippen molar-refractivity contribution in [2.45, 2.75) is 25.8 Å². The van der Waals surface area contributed by atoms with Crippen LogP contribution in [0.3, 0.4) is 0 Å². The lowest BCUT2D eigenvalue weighted by molar-refractivity contribution is -0.136. The molecule has 0 radical (unpaired) electrons. The van der Waals surface area contributed by atoms with Crippen molar-refractivity contribution in [3.63, 3.8) is 0 Å². The van der Waals surface area contributed by atoms with E-state index in [4.69, 9.17) is 10.2 Å².